The van der Waals surface area contributed by atoms with Gasteiger partial charge in [0.25, 0.3) is 0 Å². The summed E-state index contributed by atoms with van der Waals surface area (Å²) in [6, 6.07) is 1.99. The molecule has 0 spiro atoms. The van der Waals surface area contributed by atoms with Crippen molar-refractivity contribution in [2.45, 2.75) is 19.4 Å². The molecule has 0 radical (unpaired) electrons. The van der Waals surface area contributed by atoms with Crippen molar-refractivity contribution in [2.24, 2.45) is 5.73 Å². The Bertz CT molecular complexity index is 269. The highest BCUT2D eigenvalue weighted by molar-refractivity contribution is 7.08. The van der Waals surface area contributed by atoms with E-state index in [1.165, 1.54) is 0 Å². The average Bonchev–Trinajstić information content (AvgIpc) is 2.32. The zero-order valence-corrected chi connectivity index (χ0v) is 7.53. The minimum absolute atomic E-state index is 0.387. The van der Waals surface area contributed by atoms with Crippen LogP contribution in [0.5, 0.6) is 0 Å². The quantitative estimate of drug-likeness (QED) is 0.583. The molecule has 2 heteroatoms. The lowest BCUT2D eigenvalue weighted by molar-refractivity contribution is 0.680. The minimum Gasteiger partial charge on any atom is -0.316 e. The number of nitrogens with two attached hydrogens (primary N) is 1. The summed E-state index contributed by atoms with van der Waals surface area (Å²) in [6.07, 6.45) is 0. The molecule has 0 fully saturated rings. The van der Waals surface area contributed by atoms with Crippen LogP contribution >= 0.6 is 11.3 Å². The fourth-order valence-corrected chi connectivity index (χ4v) is 1.16. The van der Waals surface area contributed by atoms with Crippen molar-refractivity contribution in [3.63, 3.8) is 0 Å². The molecule has 11 heavy (non-hydrogen) atoms. The van der Waals surface area contributed by atoms with Crippen LogP contribution in [0.1, 0.15) is 19.4 Å². The van der Waals surface area contributed by atoms with Gasteiger partial charge in [0.15, 0.2) is 0 Å². The van der Waals surface area contributed by atoms with Crippen LogP contribution in [0, 0.1) is 11.8 Å². The predicted octanol–water partition coefficient (Wildman–Crippen LogP) is 1.84. The predicted molar refractivity (Wildman–Crippen MR) is 49.5 cm³/mol. The van der Waals surface area contributed by atoms with E-state index < -0.39 is 0 Å². The van der Waals surface area contributed by atoms with E-state index in [0.29, 0.717) is 0 Å². The van der Waals surface area contributed by atoms with Gasteiger partial charge in [-0.05, 0) is 25.3 Å². The highest BCUT2D eigenvalue weighted by atomic mass is 32.1. The van der Waals surface area contributed by atoms with Crippen molar-refractivity contribution in [1.82, 2.24) is 0 Å². The highest BCUT2D eigenvalue weighted by Crippen LogP contribution is 2.04. The molecule has 1 aromatic rings. The molecule has 0 atom stereocenters. The van der Waals surface area contributed by atoms with E-state index in [1.54, 1.807) is 11.3 Å². The maximum Gasteiger partial charge on any atom is 0.0722 e. The lowest BCUT2D eigenvalue weighted by Gasteiger charge is -2.06. The van der Waals surface area contributed by atoms with Crippen molar-refractivity contribution in [3.05, 3.63) is 22.4 Å². The van der Waals surface area contributed by atoms with Gasteiger partial charge in [0.2, 0.25) is 0 Å². The Hall–Kier alpha value is -0.780. The molecule has 1 rings (SSSR count). The van der Waals surface area contributed by atoms with Gasteiger partial charge in [-0.3, -0.25) is 0 Å². The minimum atomic E-state index is -0.387. The molecule has 0 aliphatic heterocycles. The van der Waals surface area contributed by atoms with Gasteiger partial charge in [0.05, 0.1) is 5.54 Å². The van der Waals surface area contributed by atoms with Crippen molar-refractivity contribution >= 4 is 11.3 Å². The van der Waals surface area contributed by atoms with Gasteiger partial charge in [-0.2, -0.15) is 11.3 Å². The van der Waals surface area contributed by atoms with Gasteiger partial charge < -0.3 is 5.73 Å². The largest absolute Gasteiger partial charge is 0.316 e. The Morgan fingerprint density at radius 1 is 1.55 bits per heavy atom. The van der Waals surface area contributed by atoms with E-state index in [0.717, 1.165) is 5.56 Å². The molecule has 0 saturated heterocycles. The molecule has 0 aromatic carbocycles. The van der Waals surface area contributed by atoms with Crippen molar-refractivity contribution in [1.29, 1.82) is 0 Å². The van der Waals surface area contributed by atoms with Crippen molar-refractivity contribution in [3.8, 4) is 11.8 Å². The number of hydrogen-bond acceptors (Lipinski definition) is 2. The summed E-state index contributed by atoms with van der Waals surface area (Å²) in [5.41, 5.74) is 6.34. The summed E-state index contributed by atoms with van der Waals surface area (Å²) in [4.78, 5) is 0. The molecule has 58 valence electrons. The summed E-state index contributed by atoms with van der Waals surface area (Å²) in [5, 5.41) is 4.02. The van der Waals surface area contributed by atoms with Gasteiger partial charge in [-0.1, -0.05) is 11.8 Å². The van der Waals surface area contributed by atoms with Crippen LogP contribution in [0.4, 0.5) is 0 Å². The summed E-state index contributed by atoms with van der Waals surface area (Å²) >= 11 is 1.65. The molecular weight excluding hydrogens is 154 g/mol. The van der Waals surface area contributed by atoms with Crippen LogP contribution in [-0.4, -0.2) is 5.54 Å². The third-order valence-electron chi connectivity index (χ3n) is 1.05. The van der Waals surface area contributed by atoms with Crippen molar-refractivity contribution < 1.29 is 0 Å². The first-order chi connectivity index (χ1) is 5.08. The Kier molecular flexibility index (Phi) is 2.33. The second kappa shape index (κ2) is 3.08. The molecule has 0 amide bonds. The van der Waals surface area contributed by atoms with Gasteiger partial charge in [-0.15, -0.1) is 0 Å². The first-order valence-corrected chi connectivity index (χ1v) is 4.36. The lowest BCUT2D eigenvalue weighted by Crippen LogP contribution is -2.29. The van der Waals surface area contributed by atoms with Crippen LogP contribution in [0.3, 0.4) is 0 Å². The Labute approximate surface area is 71.2 Å². The molecule has 0 saturated carbocycles. The van der Waals surface area contributed by atoms with Crippen LogP contribution < -0.4 is 5.73 Å². The van der Waals surface area contributed by atoms with E-state index in [4.69, 9.17) is 5.73 Å². The maximum absolute atomic E-state index is 5.68. The van der Waals surface area contributed by atoms with Gasteiger partial charge in [-0.25, -0.2) is 0 Å². The average molecular weight is 165 g/mol. The highest BCUT2D eigenvalue weighted by Gasteiger charge is 2.03. The van der Waals surface area contributed by atoms with E-state index in [2.05, 4.69) is 11.8 Å². The maximum atomic E-state index is 5.68. The molecule has 1 aromatic heterocycles. The Balaban J connectivity index is 2.74. The fraction of sp³-hybridized carbons (Fsp3) is 0.333. The Morgan fingerprint density at radius 3 is 2.73 bits per heavy atom. The van der Waals surface area contributed by atoms with Crippen molar-refractivity contribution in [2.75, 3.05) is 0 Å². The number of thiophene rings is 1. The summed E-state index contributed by atoms with van der Waals surface area (Å²) in [6.45, 7) is 3.79. The SMILES string of the molecule is CC(C)(N)C#Cc1ccsc1. The normalized spacial score (nSPS) is 10.5. The zero-order valence-electron chi connectivity index (χ0n) is 6.72. The van der Waals surface area contributed by atoms with E-state index in [-0.39, 0.29) is 5.54 Å². The summed E-state index contributed by atoms with van der Waals surface area (Å²) in [7, 11) is 0. The van der Waals surface area contributed by atoms with E-state index in [9.17, 15) is 0 Å². The molecule has 1 nitrogen and oxygen atoms in total. The molecule has 0 unspecified atom stereocenters. The smallest absolute Gasteiger partial charge is 0.0722 e. The topological polar surface area (TPSA) is 26.0 Å². The number of rotatable bonds is 0. The van der Waals surface area contributed by atoms with E-state index in [1.807, 2.05) is 30.7 Å². The van der Waals surface area contributed by atoms with Gasteiger partial charge >= 0.3 is 0 Å². The standard InChI is InChI=1S/C9H11NS/c1-9(2,10)5-3-8-4-6-11-7-8/h4,6-7H,10H2,1-2H3. The van der Waals surface area contributed by atoms with Crippen LogP contribution in [0.2, 0.25) is 0 Å². The lowest BCUT2D eigenvalue weighted by atomic mass is 10.1. The molecular formula is C9H11NS. The summed E-state index contributed by atoms with van der Waals surface area (Å²) in [5.74, 6) is 5.96. The molecule has 0 bridgehead atoms. The van der Waals surface area contributed by atoms with Crippen LogP contribution in [0.25, 0.3) is 0 Å². The van der Waals surface area contributed by atoms with Gasteiger partial charge in [0, 0.05) is 10.9 Å². The monoisotopic (exact) mass is 165 g/mol. The van der Waals surface area contributed by atoms with Crippen LogP contribution in [0.15, 0.2) is 16.8 Å². The molecule has 1 heterocycles. The second-order valence-electron chi connectivity index (χ2n) is 2.98. The second-order valence-corrected chi connectivity index (χ2v) is 3.76. The number of hydrogen-bond donors (Lipinski definition) is 1. The zero-order chi connectivity index (χ0) is 8.32. The van der Waals surface area contributed by atoms with E-state index >= 15 is 0 Å². The first-order valence-electron chi connectivity index (χ1n) is 3.42. The summed E-state index contributed by atoms with van der Waals surface area (Å²) < 4.78 is 0. The van der Waals surface area contributed by atoms with Crippen LogP contribution in [-0.2, 0) is 0 Å². The molecule has 0 aliphatic rings. The Morgan fingerprint density at radius 2 is 2.27 bits per heavy atom. The molecule has 0 aliphatic carbocycles. The van der Waals surface area contributed by atoms with Gasteiger partial charge in [0.1, 0.15) is 0 Å². The first kappa shape index (κ1) is 8.32. The fourth-order valence-electron chi connectivity index (χ4n) is 0.569. The third-order valence-corrected chi connectivity index (χ3v) is 1.73. The third kappa shape index (κ3) is 3.22. The molecule has 2 N–H and O–H groups in total.